The van der Waals surface area contributed by atoms with Gasteiger partial charge in [-0.1, -0.05) is 20.8 Å². The number of ketones is 2. The van der Waals surface area contributed by atoms with Gasteiger partial charge in [-0.25, -0.2) is 0 Å². The molecule has 0 N–H and O–H groups in total. The maximum Gasteiger partial charge on any atom is 0.360 e. The number of halogens is 2. The number of esters is 2. The Morgan fingerprint density at radius 2 is 1.21 bits per heavy atom. The van der Waals surface area contributed by atoms with E-state index in [1.54, 1.807) is 0 Å². The van der Waals surface area contributed by atoms with E-state index >= 15 is 0 Å². The highest BCUT2D eigenvalue weighted by atomic mass is 19.3. The molecule has 9 heteroatoms. The van der Waals surface area contributed by atoms with Crippen molar-refractivity contribution in [3.05, 3.63) is 0 Å². The minimum Gasteiger partial charge on any atom is -0.461 e. The van der Waals surface area contributed by atoms with Gasteiger partial charge < -0.3 is 14.2 Å². The quantitative estimate of drug-likeness (QED) is 0.397. The normalized spacial score (nSPS) is 41.2. The summed E-state index contributed by atoms with van der Waals surface area (Å²) in [5.74, 6) is -0.305. The Bertz CT molecular complexity index is 1040. The Balaban J connectivity index is 1.15. The molecular formula is C30H40F2O7. The van der Waals surface area contributed by atoms with Crippen LogP contribution >= 0.6 is 0 Å². The van der Waals surface area contributed by atoms with E-state index in [4.69, 9.17) is 14.2 Å². The molecule has 0 aliphatic heterocycles. The highest BCUT2D eigenvalue weighted by Crippen LogP contribution is 2.60. The lowest BCUT2D eigenvalue weighted by atomic mass is 9.49. The van der Waals surface area contributed by atoms with Gasteiger partial charge in [0.1, 0.15) is 18.2 Å². The first kappa shape index (κ1) is 27.3. The third-order valence-electron chi connectivity index (χ3n) is 10.9. The van der Waals surface area contributed by atoms with E-state index in [9.17, 15) is 28.0 Å². The molecule has 8 bridgehead atoms. The van der Waals surface area contributed by atoms with Crippen LogP contribution in [-0.4, -0.2) is 48.9 Å². The molecule has 8 aliphatic rings. The fraction of sp³-hybridized carbons (Fsp3) is 0.867. The maximum atomic E-state index is 14.7. The maximum absolute atomic E-state index is 14.7. The second kappa shape index (κ2) is 9.05. The largest absolute Gasteiger partial charge is 0.461 e. The van der Waals surface area contributed by atoms with Crippen molar-refractivity contribution in [3.63, 3.8) is 0 Å². The van der Waals surface area contributed by atoms with Crippen molar-refractivity contribution in [1.29, 1.82) is 0 Å². The Kier molecular flexibility index (Phi) is 6.33. The number of carbonyl (C=O) groups excluding carboxylic acids is 4. The second-order valence-electron chi connectivity index (χ2n) is 14.8. The molecule has 0 saturated heterocycles. The standard InChI is InChI=1S/C30H40F2O7/c1-27(2,3)30(31,32)38-15-22(39-26(36)29-9-17-6-20(12-29)24(34)21(7-17)13-29)14-37-25(35)28-8-16-4-18(10-28)23(33)19(5-16)11-28/h16-22H,4-15H2,1-3H3. The molecule has 0 amide bonds. The number of alkyl halides is 2. The lowest BCUT2D eigenvalue weighted by Gasteiger charge is -2.54. The summed E-state index contributed by atoms with van der Waals surface area (Å²) in [5.41, 5.74) is -3.00. The lowest BCUT2D eigenvalue weighted by molar-refractivity contribution is -0.304. The molecule has 0 aromatic carbocycles. The molecule has 216 valence electrons. The summed E-state index contributed by atoms with van der Waals surface area (Å²) in [4.78, 5) is 52.1. The van der Waals surface area contributed by atoms with Crippen LogP contribution in [-0.2, 0) is 33.4 Å². The fourth-order valence-electron chi connectivity index (χ4n) is 9.12. The van der Waals surface area contributed by atoms with Crippen molar-refractivity contribution >= 4 is 23.5 Å². The zero-order valence-corrected chi connectivity index (χ0v) is 23.1. The van der Waals surface area contributed by atoms with E-state index < -0.39 is 47.0 Å². The van der Waals surface area contributed by atoms with Gasteiger partial charge in [0.2, 0.25) is 0 Å². The number of hydrogen-bond donors (Lipinski definition) is 0. The topological polar surface area (TPSA) is 96.0 Å². The first-order valence-electron chi connectivity index (χ1n) is 14.7. The molecule has 0 aromatic rings. The van der Waals surface area contributed by atoms with Gasteiger partial charge in [0.15, 0.2) is 6.10 Å². The molecule has 39 heavy (non-hydrogen) atoms. The van der Waals surface area contributed by atoms with Crippen LogP contribution in [0.2, 0.25) is 0 Å². The Morgan fingerprint density at radius 1 is 0.769 bits per heavy atom. The lowest BCUT2D eigenvalue weighted by Crippen LogP contribution is -2.56. The molecule has 0 aromatic heterocycles. The number of rotatable bonds is 8. The van der Waals surface area contributed by atoms with Gasteiger partial charge in [-0.2, -0.15) is 8.78 Å². The predicted octanol–water partition coefficient (Wildman–Crippen LogP) is 4.89. The van der Waals surface area contributed by atoms with Gasteiger partial charge in [0.05, 0.1) is 22.9 Å². The van der Waals surface area contributed by atoms with E-state index in [0.29, 0.717) is 50.4 Å². The fourth-order valence-corrected chi connectivity index (χ4v) is 9.12. The van der Waals surface area contributed by atoms with Crippen LogP contribution in [0.5, 0.6) is 0 Å². The van der Waals surface area contributed by atoms with Crippen molar-refractivity contribution in [2.45, 2.75) is 97.2 Å². The number of ether oxygens (including phenoxy) is 3. The first-order valence-corrected chi connectivity index (χ1v) is 14.7. The Morgan fingerprint density at radius 3 is 1.64 bits per heavy atom. The van der Waals surface area contributed by atoms with E-state index in [1.165, 1.54) is 20.8 Å². The van der Waals surface area contributed by atoms with Gasteiger partial charge in [0.25, 0.3) is 0 Å². The van der Waals surface area contributed by atoms with Gasteiger partial charge >= 0.3 is 18.0 Å². The third kappa shape index (κ3) is 4.55. The SMILES string of the molecule is CC(C)(C)C(F)(F)OCC(COC(=O)C12CC3CC(C1)C(=O)C(C3)C2)OC(=O)C12CC3CC(C1)C(=O)C(C3)C2. The third-order valence-corrected chi connectivity index (χ3v) is 10.9. The molecule has 8 fully saturated rings. The van der Waals surface area contributed by atoms with Crippen LogP contribution in [0.15, 0.2) is 0 Å². The zero-order valence-electron chi connectivity index (χ0n) is 23.1. The molecule has 0 heterocycles. The van der Waals surface area contributed by atoms with Crippen molar-refractivity contribution in [2.24, 2.45) is 51.8 Å². The summed E-state index contributed by atoms with van der Waals surface area (Å²) in [6, 6.07) is 0. The molecule has 8 aliphatic carbocycles. The Labute approximate surface area is 228 Å². The first-order chi connectivity index (χ1) is 18.2. The van der Waals surface area contributed by atoms with Crippen LogP contribution in [0, 0.1) is 51.8 Å². The molecule has 0 spiro atoms. The summed E-state index contributed by atoms with van der Waals surface area (Å²) in [6.07, 6.45) is 1.71. The zero-order chi connectivity index (χ0) is 28.0. The van der Waals surface area contributed by atoms with Crippen LogP contribution < -0.4 is 0 Å². The van der Waals surface area contributed by atoms with Crippen LogP contribution in [0.4, 0.5) is 8.78 Å². The molecule has 8 saturated carbocycles. The second-order valence-corrected chi connectivity index (χ2v) is 14.8. The van der Waals surface area contributed by atoms with Crippen LogP contribution in [0.25, 0.3) is 0 Å². The minimum atomic E-state index is -3.49. The predicted molar refractivity (Wildman–Crippen MR) is 133 cm³/mol. The monoisotopic (exact) mass is 550 g/mol. The van der Waals surface area contributed by atoms with E-state index in [1.807, 2.05) is 0 Å². The number of hydrogen-bond acceptors (Lipinski definition) is 7. The molecule has 5 unspecified atom stereocenters. The van der Waals surface area contributed by atoms with E-state index in [-0.39, 0.29) is 41.8 Å². The van der Waals surface area contributed by atoms with Gasteiger partial charge in [-0.15, -0.1) is 0 Å². The van der Waals surface area contributed by atoms with E-state index in [0.717, 1.165) is 25.7 Å². The number of Topliss-reactive ketones (excluding diaryl/α,β-unsaturated/α-hetero) is 2. The van der Waals surface area contributed by atoms with Crippen molar-refractivity contribution in [2.75, 3.05) is 13.2 Å². The molecular weight excluding hydrogens is 510 g/mol. The summed E-state index contributed by atoms with van der Waals surface area (Å²) in [5, 5.41) is 0. The van der Waals surface area contributed by atoms with Crippen molar-refractivity contribution in [3.8, 4) is 0 Å². The van der Waals surface area contributed by atoms with Crippen LogP contribution in [0.1, 0.15) is 85.0 Å². The highest BCUT2D eigenvalue weighted by Gasteiger charge is 2.61. The summed E-state index contributed by atoms with van der Waals surface area (Å²) in [7, 11) is 0. The van der Waals surface area contributed by atoms with Gasteiger partial charge in [-0.3, -0.25) is 19.2 Å². The molecule has 0 radical (unpaired) electrons. The average molecular weight is 551 g/mol. The molecule has 7 nitrogen and oxygen atoms in total. The highest BCUT2D eigenvalue weighted by molar-refractivity contribution is 5.90. The summed E-state index contributed by atoms with van der Waals surface area (Å²) < 4.78 is 45.9. The van der Waals surface area contributed by atoms with Crippen molar-refractivity contribution < 1.29 is 42.2 Å². The number of carbonyl (C=O) groups is 4. The average Bonchev–Trinajstić information content (AvgIpc) is 2.85. The van der Waals surface area contributed by atoms with Crippen molar-refractivity contribution in [1.82, 2.24) is 0 Å². The minimum absolute atomic E-state index is 0.106. The Hall–Kier alpha value is -1.90. The smallest absolute Gasteiger partial charge is 0.360 e. The van der Waals surface area contributed by atoms with Gasteiger partial charge in [0, 0.05) is 23.7 Å². The summed E-state index contributed by atoms with van der Waals surface area (Å²) in [6.45, 7) is 3.07. The molecule has 5 atom stereocenters. The molecule has 8 rings (SSSR count). The van der Waals surface area contributed by atoms with E-state index in [2.05, 4.69) is 0 Å². The summed E-state index contributed by atoms with van der Waals surface area (Å²) >= 11 is 0. The van der Waals surface area contributed by atoms with Gasteiger partial charge in [-0.05, 0) is 76.0 Å². The van der Waals surface area contributed by atoms with Crippen LogP contribution in [0.3, 0.4) is 0 Å².